The SMILES string of the molecule is O=C(CCCCC(=O)NN=Cc1c(O)ccc2ccccc12)NN=Cc1c(O)ccc2ccccc12. The number of phenolic OH excluding ortho intramolecular Hbond substituents is 2. The molecule has 8 heteroatoms. The molecule has 8 nitrogen and oxygen atoms in total. The lowest BCUT2D eigenvalue weighted by Gasteiger charge is -2.05. The maximum atomic E-state index is 12.1. The van der Waals surface area contributed by atoms with Crippen molar-refractivity contribution in [3.05, 3.63) is 83.9 Å². The Kier molecular flexibility index (Phi) is 7.87. The molecule has 2 amide bonds. The molecule has 0 bridgehead atoms. The lowest BCUT2D eigenvalue weighted by Crippen LogP contribution is -2.19. The zero-order valence-corrected chi connectivity index (χ0v) is 19.5. The average molecular weight is 483 g/mol. The number of benzene rings is 4. The van der Waals surface area contributed by atoms with Gasteiger partial charge in [0.2, 0.25) is 11.8 Å². The normalized spacial score (nSPS) is 11.4. The molecule has 4 aromatic carbocycles. The van der Waals surface area contributed by atoms with E-state index in [2.05, 4.69) is 21.1 Å². The van der Waals surface area contributed by atoms with Gasteiger partial charge >= 0.3 is 0 Å². The van der Waals surface area contributed by atoms with Crippen molar-refractivity contribution in [2.75, 3.05) is 0 Å². The van der Waals surface area contributed by atoms with E-state index in [1.54, 1.807) is 12.1 Å². The minimum absolute atomic E-state index is 0.0797. The third-order valence-corrected chi connectivity index (χ3v) is 5.72. The van der Waals surface area contributed by atoms with Crippen LogP contribution in [0.5, 0.6) is 11.5 Å². The summed E-state index contributed by atoms with van der Waals surface area (Å²) < 4.78 is 0. The van der Waals surface area contributed by atoms with Gasteiger partial charge in [-0.05, 0) is 46.5 Å². The number of hydrogen-bond acceptors (Lipinski definition) is 6. The Bertz CT molecular complexity index is 1350. The number of fused-ring (bicyclic) bond motifs is 2. The highest BCUT2D eigenvalue weighted by molar-refractivity contribution is 6.03. The van der Waals surface area contributed by atoms with Gasteiger partial charge in [-0.25, -0.2) is 10.9 Å². The van der Waals surface area contributed by atoms with E-state index in [1.165, 1.54) is 12.4 Å². The molecule has 0 fully saturated rings. The summed E-state index contributed by atoms with van der Waals surface area (Å²) in [6, 6.07) is 22.0. The van der Waals surface area contributed by atoms with Crippen LogP contribution < -0.4 is 10.9 Å². The summed E-state index contributed by atoms with van der Waals surface area (Å²) in [5.41, 5.74) is 5.97. The molecule has 0 spiro atoms. The maximum absolute atomic E-state index is 12.1. The van der Waals surface area contributed by atoms with Gasteiger partial charge in [0.25, 0.3) is 0 Å². The molecule has 0 saturated carbocycles. The van der Waals surface area contributed by atoms with Crippen molar-refractivity contribution in [1.29, 1.82) is 0 Å². The fraction of sp³-hybridized carbons (Fsp3) is 0.143. The number of nitrogens with one attached hydrogen (secondary N) is 2. The number of nitrogens with zero attached hydrogens (tertiary/aromatic N) is 2. The molecular weight excluding hydrogens is 456 g/mol. The molecule has 0 atom stereocenters. The van der Waals surface area contributed by atoms with Gasteiger partial charge in [-0.15, -0.1) is 0 Å². The second kappa shape index (κ2) is 11.6. The maximum Gasteiger partial charge on any atom is 0.240 e. The van der Waals surface area contributed by atoms with Gasteiger partial charge in [0.1, 0.15) is 11.5 Å². The average Bonchev–Trinajstić information content (AvgIpc) is 2.89. The van der Waals surface area contributed by atoms with Crippen LogP contribution in [0.1, 0.15) is 36.8 Å². The Morgan fingerprint density at radius 1 is 0.639 bits per heavy atom. The summed E-state index contributed by atoms with van der Waals surface area (Å²) >= 11 is 0. The Morgan fingerprint density at radius 2 is 1.06 bits per heavy atom. The highest BCUT2D eigenvalue weighted by Crippen LogP contribution is 2.26. The number of hydrogen-bond donors (Lipinski definition) is 4. The Labute approximate surface area is 208 Å². The number of unbranched alkanes of at least 4 members (excludes halogenated alkanes) is 1. The molecule has 0 aromatic heterocycles. The van der Waals surface area contributed by atoms with E-state index in [-0.39, 0.29) is 36.2 Å². The van der Waals surface area contributed by atoms with E-state index in [0.29, 0.717) is 24.0 Å². The predicted octanol–water partition coefficient (Wildman–Crippen LogP) is 4.57. The van der Waals surface area contributed by atoms with Crippen molar-refractivity contribution in [3.63, 3.8) is 0 Å². The number of rotatable bonds is 9. The summed E-state index contributed by atoms with van der Waals surface area (Å²) in [4.78, 5) is 24.1. The summed E-state index contributed by atoms with van der Waals surface area (Å²) in [5, 5.41) is 31.7. The first-order valence-electron chi connectivity index (χ1n) is 11.6. The molecule has 0 aliphatic carbocycles. The molecule has 0 unspecified atom stereocenters. The second-order valence-electron chi connectivity index (χ2n) is 8.23. The van der Waals surface area contributed by atoms with Crippen LogP contribution in [0, 0.1) is 0 Å². The van der Waals surface area contributed by atoms with Crippen molar-refractivity contribution < 1.29 is 19.8 Å². The lowest BCUT2D eigenvalue weighted by atomic mass is 10.0. The van der Waals surface area contributed by atoms with Crippen LogP contribution in [0.4, 0.5) is 0 Å². The van der Waals surface area contributed by atoms with Crippen LogP contribution in [0.2, 0.25) is 0 Å². The van der Waals surface area contributed by atoms with Crippen LogP contribution in [-0.2, 0) is 9.59 Å². The standard InChI is InChI=1S/C28H26N4O4/c33-25-15-13-19-7-1-3-9-21(19)23(25)17-29-31-27(35)11-5-6-12-28(36)32-30-18-24-22-10-4-2-8-20(22)14-16-26(24)34/h1-4,7-10,13-18,33-34H,5-6,11-12H2,(H,31,35)(H,32,36). The van der Waals surface area contributed by atoms with Gasteiger partial charge in [0.05, 0.1) is 12.4 Å². The first kappa shape index (κ1) is 24.4. The first-order valence-corrected chi connectivity index (χ1v) is 11.6. The molecule has 36 heavy (non-hydrogen) atoms. The summed E-state index contributed by atoms with van der Waals surface area (Å²) in [7, 11) is 0. The van der Waals surface area contributed by atoms with E-state index in [1.807, 2.05) is 60.7 Å². The summed E-state index contributed by atoms with van der Waals surface area (Å²) in [5.74, 6) is -0.404. The van der Waals surface area contributed by atoms with Gasteiger partial charge in [0, 0.05) is 24.0 Å². The topological polar surface area (TPSA) is 123 Å². The van der Waals surface area contributed by atoms with Gasteiger partial charge in [-0.1, -0.05) is 60.7 Å². The molecular formula is C28H26N4O4. The van der Waals surface area contributed by atoms with E-state index in [4.69, 9.17) is 0 Å². The quantitative estimate of drug-likeness (QED) is 0.159. The number of amides is 2. The minimum atomic E-state index is -0.282. The minimum Gasteiger partial charge on any atom is -0.507 e. The first-order chi connectivity index (χ1) is 17.5. The number of aromatic hydroxyl groups is 2. The number of hydrazone groups is 2. The van der Waals surface area contributed by atoms with Gasteiger partial charge < -0.3 is 10.2 Å². The van der Waals surface area contributed by atoms with Gasteiger partial charge in [-0.2, -0.15) is 10.2 Å². The monoisotopic (exact) mass is 482 g/mol. The third kappa shape index (κ3) is 6.04. The molecule has 4 N–H and O–H groups in total. The fourth-order valence-corrected chi connectivity index (χ4v) is 3.86. The van der Waals surface area contributed by atoms with Crippen molar-refractivity contribution in [2.24, 2.45) is 10.2 Å². The van der Waals surface area contributed by atoms with E-state index in [0.717, 1.165) is 21.5 Å². The van der Waals surface area contributed by atoms with Gasteiger partial charge in [-0.3, -0.25) is 9.59 Å². The molecule has 0 radical (unpaired) electrons. The molecule has 0 aliphatic rings. The zero-order chi connectivity index (χ0) is 25.3. The van der Waals surface area contributed by atoms with E-state index in [9.17, 15) is 19.8 Å². The highest BCUT2D eigenvalue weighted by atomic mass is 16.3. The van der Waals surface area contributed by atoms with Crippen molar-refractivity contribution in [1.82, 2.24) is 10.9 Å². The van der Waals surface area contributed by atoms with Crippen molar-refractivity contribution >= 4 is 45.8 Å². The molecule has 0 aliphatic heterocycles. The van der Waals surface area contributed by atoms with Crippen LogP contribution in [-0.4, -0.2) is 34.5 Å². The van der Waals surface area contributed by atoms with Crippen molar-refractivity contribution in [3.8, 4) is 11.5 Å². The lowest BCUT2D eigenvalue weighted by molar-refractivity contribution is -0.123. The van der Waals surface area contributed by atoms with E-state index < -0.39 is 0 Å². The largest absolute Gasteiger partial charge is 0.507 e. The number of phenols is 2. The highest BCUT2D eigenvalue weighted by Gasteiger charge is 2.07. The number of carbonyl (C=O) groups excluding carboxylic acids is 2. The van der Waals surface area contributed by atoms with Crippen LogP contribution in [0.25, 0.3) is 21.5 Å². The fourth-order valence-electron chi connectivity index (χ4n) is 3.86. The third-order valence-electron chi connectivity index (χ3n) is 5.72. The summed E-state index contributed by atoms with van der Waals surface area (Å²) in [6.07, 6.45) is 4.27. The molecule has 182 valence electrons. The molecule has 4 aromatic rings. The second-order valence-corrected chi connectivity index (χ2v) is 8.23. The van der Waals surface area contributed by atoms with E-state index >= 15 is 0 Å². The Balaban J connectivity index is 1.20. The van der Waals surface area contributed by atoms with Gasteiger partial charge in [0.15, 0.2) is 0 Å². The Morgan fingerprint density at radius 3 is 1.50 bits per heavy atom. The van der Waals surface area contributed by atoms with Crippen LogP contribution in [0.3, 0.4) is 0 Å². The Hall–Kier alpha value is -4.72. The molecule has 0 heterocycles. The molecule has 0 saturated heterocycles. The van der Waals surface area contributed by atoms with Crippen LogP contribution in [0.15, 0.2) is 83.0 Å². The number of carbonyl (C=O) groups is 2. The predicted molar refractivity (Wildman–Crippen MR) is 141 cm³/mol. The van der Waals surface area contributed by atoms with Crippen LogP contribution >= 0.6 is 0 Å². The molecule has 4 rings (SSSR count). The zero-order valence-electron chi connectivity index (χ0n) is 19.5. The smallest absolute Gasteiger partial charge is 0.240 e. The van der Waals surface area contributed by atoms with Crippen molar-refractivity contribution in [2.45, 2.75) is 25.7 Å². The summed E-state index contributed by atoms with van der Waals surface area (Å²) in [6.45, 7) is 0.